The van der Waals surface area contributed by atoms with Crippen molar-refractivity contribution in [2.75, 3.05) is 19.6 Å². The van der Waals surface area contributed by atoms with Crippen LogP contribution in [0.2, 0.25) is 5.02 Å². The van der Waals surface area contributed by atoms with E-state index in [1.54, 1.807) is 0 Å². The monoisotopic (exact) mass is 382 g/mol. The molecule has 4 nitrogen and oxygen atoms in total. The number of halogens is 1. The van der Waals surface area contributed by atoms with Gasteiger partial charge in [-0.2, -0.15) is 0 Å². The van der Waals surface area contributed by atoms with E-state index in [1.165, 1.54) is 0 Å². The molecule has 0 aromatic heterocycles. The van der Waals surface area contributed by atoms with Crippen molar-refractivity contribution in [2.45, 2.75) is 25.8 Å². The molecule has 0 unspecified atom stereocenters. The molecule has 0 aliphatic carbocycles. The predicted molar refractivity (Wildman–Crippen MR) is 105 cm³/mol. The minimum absolute atomic E-state index is 0.0617. The fraction of sp³-hybridized carbons (Fsp3) is 0.364. The van der Waals surface area contributed by atoms with E-state index in [4.69, 9.17) is 11.6 Å². The highest BCUT2D eigenvalue weighted by atomic mass is 35.5. The Kier molecular flexibility index (Phi) is 4.92. The Balaban J connectivity index is 1.39. The quantitative estimate of drug-likeness (QED) is 0.805. The van der Waals surface area contributed by atoms with Gasteiger partial charge in [0.05, 0.1) is 5.41 Å². The Hall–Kier alpha value is -2.33. The largest absolute Gasteiger partial charge is 0.339 e. The van der Waals surface area contributed by atoms with Gasteiger partial charge in [0.1, 0.15) is 0 Å². The summed E-state index contributed by atoms with van der Waals surface area (Å²) >= 11 is 6.06. The number of hydrogen-bond acceptors (Lipinski definition) is 2. The number of carbonyl (C=O) groups is 2. The van der Waals surface area contributed by atoms with Crippen molar-refractivity contribution in [3.05, 3.63) is 70.7 Å². The summed E-state index contributed by atoms with van der Waals surface area (Å²) < 4.78 is 0. The third-order valence-corrected chi connectivity index (χ3v) is 6.13. The molecule has 0 atom stereocenters. The van der Waals surface area contributed by atoms with Crippen molar-refractivity contribution in [2.24, 2.45) is 5.41 Å². The van der Waals surface area contributed by atoms with Gasteiger partial charge in [-0.1, -0.05) is 41.9 Å². The number of nitrogens with zero attached hydrogens (tertiary/aromatic N) is 2. The summed E-state index contributed by atoms with van der Waals surface area (Å²) in [5.41, 5.74) is 1.48. The summed E-state index contributed by atoms with van der Waals surface area (Å²) in [5.74, 6) is 0.293. The maximum absolute atomic E-state index is 13.1. The first-order valence-electron chi connectivity index (χ1n) is 9.46. The van der Waals surface area contributed by atoms with E-state index >= 15 is 0 Å². The molecule has 0 saturated carbocycles. The van der Waals surface area contributed by atoms with E-state index in [1.807, 2.05) is 64.4 Å². The first kappa shape index (κ1) is 18.1. The first-order valence-corrected chi connectivity index (χ1v) is 9.83. The lowest BCUT2D eigenvalue weighted by atomic mass is 9.77. The molecule has 0 radical (unpaired) electrons. The van der Waals surface area contributed by atoms with Gasteiger partial charge in [-0.05, 0) is 49.1 Å². The average molecular weight is 383 g/mol. The van der Waals surface area contributed by atoms with Crippen LogP contribution in [-0.4, -0.2) is 41.2 Å². The number of carbonyl (C=O) groups excluding carboxylic acids is 2. The molecule has 0 bridgehead atoms. The minimum atomic E-state index is -0.300. The zero-order chi connectivity index (χ0) is 18.9. The standard InChI is InChI=1S/C22H23ClN2O2/c23-19-8-4-5-17(15-19)16-25-14-11-22(21(25)27)9-12-24(13-10-22)20(26)18-6-2-1-3-7-18/h1-8,15H,9-14,16H2. The van der Waals surface area contributed by atoms with Crippen molar-refractivity contribution in [1.82, 2.24) is 9.80 Å². The van der Waals surface area contributed by atoms with Crippen LogP contribution in [0.5, 0.6) is 0 Å². The van der Waals surface area contributed by atoms with Crippen LogP contribution < -0.4 is 0 Å². The topological polar surface area (TPSA) is 40.6 Å². The van der Waals surface area contributed by atoms with Crippen molar-refractivity contribution >= 4 is 23.4 Å². The van der Waals surface area contributed by atoms with Gasteiger partial charge in [0.15, 0.2) is 0 Å². The fourth-order valence-electron chi connectivity index (χ4n) is 4.26. The molecule has 2 aromatic carbocycles. The summed E-state index contributed by atoms with van der Waals surface area (Å²) in [6.45, 7) is 2.67. The Labute approximate surface area is 164 Å². The molecule has 2 aromatic rings. The second-order valence-corrected chi connectivity index (χ2v) is 7.98. The molecule has 2 amide bonds. The van der Waals surface area contributed by atoms with Crippen molar-refractivity contribution in [3.63, 3.8) is 0 Å². The summed E-state index contributed by atoms with van der Waals surface area (Å²) in [7, 11) is 0. The van der Waals surface area contributed by atoms with Crippen molar-refractivity contribution < 1.29 is 9.59 Å². The van der Waals surface area contributed by atoms with E-state index in [-0.39, 0.29) is 17.2 Å². The highest BCUT2D eigenvalue weighted by Gasteiger charge is 2.48. The number of rotatable bonds is 3. The van der Waals surface area contributed by atoms with Gasteiger partial charge in [0, 0.05) is 36.8 Å². The number of hydrogen-bond donors (Lipinski definition) is 0. The normalized spacial score (nSPS) is 18.9. The first-order chi connectivity index (χ1) is 13.1. The van der Waals surface area contributed by atoms with E-state index < -0.39 is 0 Å². The van der Waals surface area contributed by atoms with Crippen LogP contribution in [0.1, 0.15) is 35.2 Å². The smallest absolute Gasteiger partial charge is 0.253 e. The van der Waals surface area contributed by atoms with E-state index in [9.17, 15) is 9.59 Å². The lowest BCUT2D eigenvalue weighted by Gasteiger charge is -2.38. The lowest BCUT2D eigenvalue weighted by Crippen LogP contribution is -2.46. The summed E-state index contributed by atoms with van der Waals surface area (Å²) in [4.78, 5) is 29.6. The second-order valence-electron chi connectivity index (χ2n) is 7.55. The zero-order valence-electron chi connectivity index (χ0n) is 15.2. The molecule has 5 heteroatoms. The number of piperidine rings is 1. The molecule has 0 N–H and O–H groups in total. The van der Waals surface area contributed by atoms with E-state index in [0.29, 0.717) is 30.2 Å². The third-order valence-electron chi connectivity index (χ3n) is 5.89. The third kappa shape index (κ3) is 3.59. The number of benzene rings is 2. The maximum atomic E-state index is 13.1. The van der Waals surface area contributed by atoms with E-state index in [0.717, 1.165) is 31.4 Å². The molecule has 2 heterocycles. The Bertz CT molecular complexity index is 844. The SMILES string of the molecule is O=C(c1ccccc1)N1CCC2(CC1)CCN(Cc1cccc(Cl)c1)C2=O. The average Bonchev–Trinajstić information content (AvgIpc) is 2.98. The summed E-state index contributed by atoms with van der Waals surface area (Å²) in [5, 5.41) is 0.696. The maximum Gasteiger partial charge on any atom is 0.253 e. The van der Waals surface area contributed by atoms with Crippen LogP contribution in [0, 0.1) is 5.41 Å². The molecule has 2 aliphatic rings. The van der Waals surface area contributed by atoms with Crippen LogP contribution in [0.4, 0.5) is 0 Å². The van der Waals surface area contributed by atoms with Crippen LogP contribution in [0.3, 0.4) is 0 Å². The predicted octanol–water partition coefficient (Wildman–Crippen LogP) is 3.99. The molecule has 1 spiro atoms. The summed E-state index contributed by atoms with van der Waals surface area (Å²) in [6, 6.07) is 17.1. The zero-order valence-corrected chi connectivity index (χ0v) is 16.0. The van der Waals surface area contributed by atoms with Crippen molar-refractivity contribution in [1.29, 1.82) is 0 Å². The van der Waals surface area contributed by atoms with Gasteiger partial charge in [0.2, 0.25) is 5.91 Å². The molecule has 27 heavy (non-hydrogen) atoms. The van der Waals surface area contributed by atoms with Gasteiger partial charge in [-0.3, -0.25) is 9.59 Å². The van der Waals surface area contributed by atoms with Gasteiger partial charge in [-0.15, -0.1) is 0 Å². The van der Waals surface area contributed by atoms with Crippen LogP contribution >= 0.6 is 11.6 Å². The van der Waals surface area contributed by atoms with Gasteiger partial charge < -0.3 is 9.80 Å². The van der Waals surface area contributed by atoms with Crippen LogP contribution in [-0.2, 0) is 11.3 Å². The molecule has 4 rings (SSSR count). The second kappa shape index (κ2) is 7.35. The highest BCUT2D eigenvalue weighted by molar-refractivity contribution is 6.30. The van der Waals surface area contributed by atoms with Gasteiger partial charge in [-0.25, -0.2) is 0 Å². The molecular formula is C22H23ClN2O2. The molecular weight excluding hydrogens is 360 g/mol. The number of amides is 2. The van der Waals surface area contributed by atoms with E-state index in [2.05, 4.69) is 0 Å². The minimum Gasteiger partial charge on any atom is -0.339 e. The molecule has 2 saturated heterocycles. The highest BCUT2D eigenvalue weighted by Crippen LogP contribution is 2.42. The van der Waals surface area contributed by atoms with Crippen LogP contribution in [0.25, 0.3) is 0 Å². The fourth-order valence-corrected chi connectivity index (χ4v) is 4.48. The number of likely N-dealkylation sites (tertiary alicyclic amines) is 2. The Morgan fingerprint density at radius 2 is 1.67 bits per heavy atom. The summed E-state index contributed by atoms with van der Waals surface area (Å²) in [6.07, 6.45) is 2.37. The molecule has 2 aliphatic heterocycles. The molecule has 140 valence electrons. The van der Waals surface area contributed by atoms with Gasteiger partial charge in [0.25, 0.3) is 5.91 Å². The Morgan fingerprint density at radius 3 is 2.37 bits per heavy atom. The molecule has 2 fully saturated rings. The van der Waals surface area contributed by atoms with Gasteiger partial charge >= 0.3 is 0 Å². The lowest BCUT2D eigenvalue weighted by molar-refractivity contribution is -0.138. The van der Waals surface area contributed by atoms with Crippen molar-refractivity contribution in [3.8, 4) is 0 Å². The Morgan fingerprint density at radius 1 is 0.963 bits per heavy atom. The van der Waals surface area contributed by atoms with Crippen LogP contribution in [0.15, 0.2) is 54.6 Å².